The Hall–Kier alpha value is -2.30. The zero-order chi connectivity index (χ0) is 19.6. The molecule has 0 spiro atoms. The molecule has 9 nitrogen and oxygen atoms in total. The minimum atomic E-state index is -3.47. The topological polar surface area (TPSA) is 115 Å². The number of sulfonamides is 1. The molecule has 150 valence electrons. The number of hydrogen-bond donors (Lipinski definition) is 1. The molecule has 0 aliphatic carbocycles. The molecule has 0 radical (unpaired) electrons. The fourth-order valence-corrected chi connectivity index (χ4v) is 4.88. The Morgan fingerprint density at radius 2 is 1.89 bits per heavy atom. The first-order valence-electron chi connectivity index (χ1n) is 9.38. The van der Waals surface area contributed by atoms with Crippen LogP contribution in [0.5, 0.6) is 0 Å². The predicted molar refractivity (Wildman–Crippen MR) is 99.0 cm³/mol. The van der Waals surface area contributed by atoms with Gasteiger partial charge >= 0.3 is 11.8 Å². The minimum absolute atomic E-state index is 0.0245. The average molecular weight is 406 g/mol. The largest absolute Gasteiger partial charge is 0.412 e. The molecule has 1 atom stereocenters. The van der Waals surface area contributed by atoms with Crippen LogP contribution in [-0.4, -0.2) is 61.2 Å². The van der Waals surface area contributed by atoms with Gasteiger partial charge < -0.3 is 14.5 Å². The van der Waals surface area contributed by atoms with E-state index in [1.165, 1.54) is 16.4 Å². The van der Waals surface area contributed by atoms with Gasteiger partial charge in [0, 0.05) is 31.8 Å². The second kappa shape index (κ2) is 7.98. The normalized spacial score (nSPS) is 20.5. The summed E-state index contributed by atoms with van der Waals surface area (Å²) in [6.45, 7) is 2.23. The fraction of sp³-hybridized carbons (Fsp3) is 0.500. The van der Waals surface area contributed by atoms with Crippen molar-refractivity contribution >= 4 is 15.9 Å². The molecule has 10 heteroatoms. The number of aromatic nitrogens is 2. The molecule has 2 fully saturated rings. The maximum Gasteiger partial charge on any atom is 0.308 e. The van der Waals surface area contributed by atoms with Gasteiger partial charge in [-0.25, -0.2) is 8.42 Å². The van der Waals surface area contributed by atoms with Gasteiger partial charge in [0.15, 0.2) is 0 Å². The molecule has 1 amide bonds. The molecule has 0 saturated carbocycles. The molecule has 2 aliphatic rings. The van der Waals surface area contributed by atoms with Gasteiger partial charge in [-0.05, 0) is 49.9 Å². The number of rotatable bonds is 6. The second-order valence-electron chi connectivity index (χ2n) is 6.89. The molecule has 2 aliphatic heterocycles. The number of carbonyl (C=O) groups excluding carboxylic acids is 1. The van der Waals surface area contributed by atoms with Gasteiger partial charge in [-0.1, -0.05) is 0 Å². The highest BCUT2D eigenvalue weighted by molar-refractivity contribution is 7.89. The smallest absolute Gasteiger partial charge is 0.308 e. The molecule has 3 heterocycles. The number of nitrogens with one attached hydrogen (secondary N) is 1. The SMILES string of the molecule is O=C(NC[C@@H]1CCCO1)c1nnc(-c2ccc(S(=O)(=O)N3CCCC3)cc2)o1. The van der Waals surface area contributed by atoms with Crippen LogP contribution in [0.4, 0.5) is 0 Å². The average Bonchev–Trinajstić information content (AvgIpc) is 3.48. The van der Waals surface area contributed by atoms with Crippen LogP contribution in [0.25, 0.3) is 11.5 Å². The highest BCUT2D eigenvalue weighted by Crippen LogP contribution is 2.24. The van der Waals surface area contributed by atoms with Crippen molar-refractivity contribution in [2.75, 3.05) is 26.2 Å². The van der Waals surface area contributed by atoms with E-state index in [9.17, 15) is 13.2 Å². The maximum absolute atomic E-state index is 12.6. The summed E-state index contributed by atoms with van der Waals surface area (Å²) in [4.78, 5) is 12.4. The van der Waals surface area contributed by atoms with Gasteiger partial charge in [0.25, 0.3) is 0 Å². The van der Waals surface area contributed by atoms with Gasteiger partial charge in [-0.3, -0.25) is 4.79 Å². The van der Waals surface area contributed by atoms with Gasteiger partial charge in [0.2, 0.25) is 15.9 Å². The molecule has 28 heavy (non-hydrogen) atoms. The third-order valence-corrected chi connectivity index (χ3v) is 6.85. The van der Waals surface area contributed by atoms with E-state index in [0.29, 0.717) is 31.8 Å². The van der Waals surface area contributed by atoms with Gasteiger partial charge in [0.1, 0.15) is 0 Å². The Bertz CT molecular complexity index is 929. The van der Waals surface area contributed by atoms with Crippen LogP contribution in [0.1, 0.15) is 36.4 Å². The van der Waals surface area contributed by atoms with Crippen molar-refractivity contribution in [3.63, 3.8) is 0 Å². The van der Waals surface area contributed by atoms with E-state index in [4.69, 9.17) is 9.15 Å². The van der Waals surface area contributed by atoms with Crippen LogP contribution >= 0.6 is 0 Å². The molecule has 0 bridgehead atoms. The molecule has 0 unspecified atom stereocenters. The fourth-order valence-electron chi connectivity index (χ4n) is 3.37. The molecule has 1 aromatic heterocycles. The standard InChI is InChI=1S/C18H22N4O5S/c23-16(19-12-14-4-3-11-26-14)18-21-20-17(27-18)13-5-7-15(8-6-13)28(24,25)22-9-1-2-10-22/h5-8,14H,1-4,9-12H2,(H,19,23)/t14-/m0/s1. The number of carbonyl (C=O) groups is 1. The summed E-state index contributed by atoms with van der Waals surface area (Å²) >= 11 is 0. The predicted octanol–water partition coefficient (Wildman–Crippen LogP) is 1.43. The quantitative estimate of drug-likeness (QED) is 0.772. The molecular weight excluding hydrogens is 384 g/mol. The zero-order valence-electron chi connectivity index (χ0n) is 15.3. The summed E-state index contributed by atoms with van der Waals surface area (Å²) in [7, 11) is -3.47. The van der Waals surface area contributed by atoms with E-state index in [0.717, 1.165) is 25.7 Å². The van der Waals surface area contributed by atoms with Gasteiger partial charge in [0.05, 0.1) is 11.0 Å². The molecule has 2 saturated heterocycles. The van der Waals surface area contributed by atoms with Crippen molar-refractivity contribution in [3.8, 4) is 11.5 Å². The van der Waals surface area contributed by atoms with E-state index in [1.54, 1.807) is 12.1 Å². The first-order valence-corrected chi connectivity index (χ1v) is 10.8. The molecular formula is C18H22N4O5S. The van der Waals surface area contributed by atoms with Crippen LogP contribution in [0, 0.1) is 0 Å². The van der Waals surface area contributed by atoms with Crippen molar-refractivity contribution in [1.29, 1.82) is 0 Å². The van der Waals surface area contributed by atoms with Crippen molar-refractivity contribution in [2.24, 2.45) is 0 Å². The van der Waals surface area contributed by atoms with Crippen LogP contribution in [0.2, 0.25) is 0 Å². The molecule has 2 aromatic rings. The Balaban J connectivity index is 1.42. The van der Waals surface area contributed by atoms with E-state index in [-0.39, 0.29) is 22.8 Å². The van der Waals surface area contributed by atoms with Gasteiger partial charge in [-0.2, -0.15) is 4.31 Å². The lowest BCUT2D eigenvalue weighted by Gasteiger charge is -2.15. The monoisotopic (exact) mass is 406 g/mol. The van der Waals surface area contributed by atoms with E-state index in [2.05, 4.69) is 15.5 Å². The number of benzene rings is 1. The highest BCUT2D eigenvalue weighted by Gasteiger charge is 2.27. The lowest BCUT2D eigenvalue weighted by Crippen LogP contribution is -2.31. The lowest BCUT2D eigenvalue weighted by atomic mass is 10.2. The number of hydrogen-bond acceptors (Lipinski definition) is 7. The number of ether oxygens (including phenoxy) is 1. The van der Waals surface area contributed by atoms with E-state index >= 15 is 0 Å². The Morgan fingerprint density at radius 3 is 2.57 bits per heavy atom. The molecule has 1 N–H and O–H groups in total. The van der Waals surface area contributed by atoms with Crippen molar-refractivity contribution in [3.05, 3.63) is 30.2 Å². The third kappa shape index (κ3) is 3.94. The first kappa shape index (κ1) is 19.0. The number of amides is 1. The second-order valence-corrected chi connectivity index (χ2v) is 8.83. The molecule has 4 rings (SSSR count). The van der Waals surface area contributed by atoms with Crippen LogP contribution in [0.3, 0.4) is 0 Å². The zero-order valence-corrected chi connectivity index (χ0v) is 16.2. The summed E-state index contributed by atoms with van der Waals surface area (Å²) in [5.74, 6) is -0.434. The van der Waals surface area contributed by atoms with Crippen molar-refractivity contribution in [1.82, 2.24) is 19.8 Å². The summed E-state index contributed by atoms with van der Waals surface area (Å²) in [6, 6.07) is 6.24. The summed E-state index contributed by atoms with van der Waals surface area (Å²) in [5, 5.41) is 10.4. The lowest BCUT2D eigenvalue weighted by molar-refractivity contribution is 0.0830. The summed E-state index contributed by atoms with van der Waals surface area (Å²) < 4.78 is 37.5. The van der Waals surface area contributed by atoms with Crippen LogP contribution < -0.4 is 5.32 Å². The van der Waals surface area contributed by atoms with Crippen LogP contribution in [-0.2, 0) is 14.8 Å². The van der Waals surface area contributed by atoms with Crippen molar-refractivity contribution in [2.45, 2.75) is 36.7 Å². The summed E-state index contributed by atoms with van der Waals surface area (Å²) in [5.41, 5.74) is 0.547. The Morgan fingerprint density at radius 1 is 1.14 bits per heavy atom. The van der Waals surface area contributed by atoms with Crippen molar-refractivity contribution < 1.29 is 22.4 Å². The first-order chi connectivity index (χ1) is 13.5. The third-order valence-electron chi connectivity index (χ3n) is 4.94. The molecule has 1 aromatic carbocycles. The number of nitrogens with zero attached hydrogens (tertiary/aromatic N) is 3. The summed E-state index contributed by atoms with van der Waals surface area (Å²) in [6.07, 6.45) is 3.71. The minimum Gasteiger partial charge on any atom is -0.412 e. The van der Waals surface area contributed by atoms with E-state index < -0.39 is 15.9 Å². The van der Waals surface area contributed by atoms with Crippen LogP contribution in [0.15, 0.2) is 33.6 Å². The van der Waals surface area contributed by atoms with E-state index in [1.807, 2.05) is 0 Å². The maximum atomic E-state index is 12.6. The Labute approximate surface area is 163 Å². The Kier molecular flexibility index (Phi) is 5.42. The highest BCUT2D eigenvalue weighted by atomic mass is 32.2. The van der Waals surface area contributed by atoms with Gasteiger partial charge in [-0.15, -0.1) is 10.2 Å².